The predicted molar refractivity (Wildman–Crippen MR) is 105 cm³/mol. The minimum Gasteiger partial charge on any atom is -0.496 e. The number of anilines is 1. The van der Waals surface area contributed by atoms with Crippen LogP contribution in [-0.4, -0.2) is 52.3 Å². The van der Waals surface area contributed by atoms with E-state index < -0.39 is 8.24 Å². The predicted octanol–water partition coefficient (Wildman–Crippen LogP) is 3.67. The zero-order chi connectivity index (χ0) is 18.3. The number of hydrogen-bond donors (Lipinski definition) is 2. The highest BCUT2D eigenvalue weighted by Gasteiger charge is 2.19. The minimum atomic E-state index is -1.55. The Morgan fingerprint density at radius 1 is 1.25 bits per heavy atom. The number of ether oxygens (including phenoxy) is 1. The van der Waals surface area contributed by atoms with Crippen LogP contribution < -0.4 is 15.0 Å². The molecule has 0 saturated heterocycles. The minimum absolute atomic E-state index is 0.166. The van der Waals surface area contributed by atoms with Gasteiger partial charge in [0.1, 0.15) is 14.0 Å². The highest BCUT2D eigenvalue weighted by Crippen LogP contribution is 2.32. The van der Waals surface area contributed by atoms with Crippen LogP contribution in [-0.2, 0) is 0 Å². The Hall–Kier alpha value is -1.24. The van der Waals surface area contributed by atoms with Gasteiger partial charge in [-0.15, -0.1) is 0 Å². The fourth-order valence-corrected chi connectivity index (χ4v) is 3.67. The van der Waals surface area contributed by atoms with Crippen molar-refractivity contribution in [2.45, 2.75) is 33.5 Å². The number of methoxy groups -OCH3 is 1. The van der Waals surface area contributed by atoms with Crippen LogP contribution in [0.3, 0.4) is 0 Å². The second kappa shape index (κ2) is 9.29. The van der Waals surface area contributed by atoms with Crippen molar-refractivity contribution in [3.05, 3.63) is 22.7 Å². The number of carbonyl (C=O) groups excluding carboxylic acids is 1. The van der Waals surface area contributed by atoms with Crippen LogP contribution in [0.25, 0.3) is 0 Å². The lowest BCUT2D eigenvalue weighted by molar-refractivity contribution is 0.0946. The van der Waals surface area contributed by atoms with E-state index in [2.05, 4.69) is 48.7 Å². The zero-order valence-corrected chi connectivity index (χ0v) is 17.4. The molecular formula is C17H30ClN3O2Si. The maximum Gasteiger partial charge on any atom is 0.255 e. The van der Waals surface area contributed by atoms with E-state index >= 15 is 0 Å². The number of hydrogen-bond acceptors (Lipinski definition) is 4. The van der Waals surface area contributed by atoms with Crippen LogP contribution in [0.5, 0.6) is 5.75 Å². The third-order valence-electron chi connectivity index (χ3n) is 3.65. The molecule has 0 radical (unpaired) electrons. The molecule has 1 rings (SSSR count). The van der Waals surface area contributed by atoms with Gasteiger partial charge in [-0.2, -0.15) is 0 Å². The van der Waals surface area contributed by atoms with E-state index in [1.165, 1.54) is 0 Å². The van der Waals surface area contributed by atoms with Gasteiger partial charge >= 0.3 is 0 Å². The van der Waals surface area contributed by atoms with Crippen LogP contribution in [0.4, 0.5) is 5.69 Å². The van der Waals surface area contributed by atoms with E-state index in [4.69, 9.17) is 16.3 Å². The second-order valence-corrected chi connectivity index (χ2v) is 11.8. The highest BCUT2D eigenvalue weighted by molar-refractivity contribution is 6.79. The summed E-state index contributed by atoms with van der Waals surface area (Å²) in [6.45, 7) is 14.1. The lowest BCUT2D eigenvalue weighted by Crippen LogP contribution is -2.35. The van der Waals surface area contributed by atoms with E-state index in [1.807, 2.05) is 0 Å². The van der Waals surface area contributed by atoms with Crippen LogP contribution in [0.1, 0.15) is 24.2 Å². The molecule has 5 nitrogen and oxygen atoms in total. The number of amides is 1. The summed E-state index contributed by atoms with van der Waals surface area (Å²) in [5.41, 5.74) is 1.27. The summed E-state index contributed by atoms with van der Waals surface area (Å²) in [6, 6.07) is 3.48. The SMILES string of the molecule is CCN(CC)CCNC(=O)c1cc(Cl)c(N[Si](C)(C)C)cc1OC. The first kappa shape index (κ1) is 20.8. The van der Waals surface area contributed by atoms with Crippen molar-refractivity contribution < 1.29 is 9.53 Å². The smallest absolute Gasteiger partial charge is 0.255 e. The van der Waals surface area contributed by atoms with Gasteiger partial charge in [-0.05, 0) is 19.2 Å². The fraction of sp³-hybridized carbons (Fsp3) is 0.588. The van der Waals surface area contributed by atoms with Gasteiger partial charge in [0.25, 0.3) is 5.91 Å². The van der Waals surface area contributed by atoms with Crippen LogP contribution in [0, 0.1) is 0 Å². The zero-order valence-electron chi connectivity index (χ0n) is 15.6. The third kappa shape index (κ3) is 6.34. The Kier molecular flexibility index (Phi) is 8.06. The Balaban J connectivity index is 2.87. The van der Waals surface area contributed by atoms with E-state index in [0.717, 1.165) is 25.3 Å². The summed E-state index contributed by atoms with van der Waals surface area (Å²) < 4.78 is 5.39. The second-order valence-electron chi connectivity index (χ2n) is 6.69. The number of nitrogens with zero attached hydrogens (tertiary/aromatic N) is 1. The van der Waals surface area contributed by atoms with Crippen molar-refractivity contribution in [3.8, 4) is 5.75 Å². The molecule has 0 aliphatic rings. The van der Waals surface area contributed by atoms with Gasteiger partial charge in [0.15, 0.2) is 0 Å². The van der Waals surface area contributed by atoms with Crippen LogP contribution >= 0.6 is 11.6 Å². The number of likely N-dealkylation sites (N-methyl/N-ethyl adjacent to an activating group) is 1. The summed E-state index contributed by atoms with van der Waals surface area (Å²) in [5.74, 6) is 0.362. The standard InChI is InChI=1S/C17H30ClN3O2Si/c1-7-21(8-2)10-9-19-17(22)13-11-14(18)15(12-16(13)23-3)20-24(4,5)6/h11-12,20H,7-10H2,1-6H3,(H,19,22). The Bertz CT molecular complexity index is 558. The van der Waals surface area contributed by atoms with Gasteiger partial charge in [0.05, 0.1) is 17.7 Å². The van der Waals surface area contributed by atoms with Gasteiger partial charge in [-0.1, -0.05) is 45.1 Å². The number of nitrogens with one attached hydrogen (secondary N) is 2. The first-order chi connectivity index (χ1) is 11.2. The molecule has 136 valence electrons. The molecule has 7 heteroatoms. The van der Waals surface area contributed by atoms with Crippen molar-refractivity contribution in [1.82, 2.24) is 10.2 Å². The van der Waals surface area contributed by atoms with Gasteiger partial charge in [-0.25, -0.2) is 0 Å². The molecule has 0 aromatic heterocycles. The normalized spacial score (nSPS) is 11.5. The van der Waals surface area contributed by atoms with Gasteiger partial charge in [0.2, 0.25) is 0 Å². The molecule has 2 N–H and O–H groups in total. The number of carbonyl (C=O) groups is 1. The van der Waals surface area contributed by atoms with Crippen molar-refractivity contribution in [2.75, 3.05) is 38.3 Å². The Labute approximate surface area is 151 Å². The number of rotatable bonds is 9. The molecule has 0 atom stereocenters. The van der Waals surface area contributed by atoms with Crippen LogP contribution in [0.15, 0.2) is 12.1 Å². The van der Waals surface area contributed by atoms with Crippen molar-refractivity contribution in [3.63, 3.8) is 0 Å². The molecule has 0 aliphatic heterocycles. The summed E-state index contributed by atoms with van der Waals surface area (Å²) in [5, 5.41) is 3.47. The molecule has 0 fully saturated rings. The average molecular weight is 372 g/mol. The van der Waals surface area contributed by atoms with Gasteiger partial charge in [0, 0.05) is 24.8 Å². The van der Waals surface area contributed by atoms with Crippen molar-refractivity contribution in [1.29, 1.82) is 0 Å². The monoisotopic (exact) mass is 371 g/mol. The molecular weight excluding hydrogens is 342 g/mol. The molecule has 0 heterocycles. The summed E-state index contributed by atoms with van der Waals surface area (Å²) >= 11 is 6.35. The highest BCUT2D eigenvalue weighted by atomic mass is 35.5. The quantitative estimate of drug-likeness (QED) is 0.650. The summed E-state index contributed by atoms with van der Waals surface area (Å²) in [7, 11) is 0.0158. The molecule has 24 heavy (non-hydrogen) atoms. The third-order valence-corrected chi connectivity index (χ3v) is 4.98. The van der Waals surface area contributed by atoms with E-state index in [1.54, 1.807) is 19.2 Å². The van der Waals surface area contributed by atoms with E-state index in [0.29, 0.717) is 22.9 Å². The van der Waals surface area contributed by atoms with Crippen LogP contribution in [0.2, 0.25) is 24.7 Å². The van der Waals surface area contributed by atoms with E-state index in [-0.39, 0.29) is 5.91 Å². The molecule has 0 saturated carbocycles. The molecule has 1 aromatic rings. The number of halogens is 1. The molecule has 0 aliphatic carbocycles. The van der Waals surface area contributed by atoms with Crippen molar-refractivity contribution >= 4 is 31.4 Å². The maximum absolute atomic E-state index is 12.5. The summed E-state index contributed by atoms with van der Waals surface area (Å²) in [6.07, 6.45) is 0. The Morgan fingerprint density at radius 2 is 1.88 bits per heavy atom. The van der Waals surface area contributed by atoms with Gasteiger partial charge < -0.3 is 19.9 Å². The Morgan fingerprint density at radius 3 is 2.38 bits per heavy atom. The van der Waals surface area contributed by atoms with E-state index in [9.17, 15) is 4.79 Å². The molecule has 0 unspecified atom stereocenters. The lowest BCUT2D eigenvalue weighted by atomic mass is 10.1. The first-order valence-corrected chi connectivity index (χ1v) is 12.3. The first-order valence-electron chi connectivity index (χ1n) is 8.38. The molecule has 0 spiro atoms. The van der Waals surface area contributed by atoms with Crippen molar-refractivity contribution in [2.24, 2.45) is 0 Å². The maximum atomic E-state index is 12.5. The summed E-state index contributed by atoms with van der Waals surface area (Å²) in [4.78, 5) is 18.2. The molecule has 1 aromatic carbocycles. The average Bonchev–Trinajstić information content (AvgIpc) is 2.51. The largest absolute Gasteiger partial charge is 0.496 e. The topological polar surface area (TPSA) is 53.6 Å². The van der Waals surface area contributed by atoms with Gasteiger partial charge in [-0.3, -0.25) is 4.79 Å². The molecule has 0 bridgehead atoms. The number of benzene rings is 1. The fourth-order valence-electron chi connectivity index (χ4n) is 2.36. The molecule has 1 amide bonds. The lowest BCUT2D eigenvalue weighted by Gasteiger charge is -2.22.